The van der Waals surface area contributed by atoms with Crippen LogP contribution in [0.15, 0.2) is 35.4 Å². The number of amides is 1. The molecular formula is C18H24N4O3S. The molecule has 3 rings (SSSR count). The molecule has 1 aromatic carbocycles. The number of sulfonamides is 1. The molecule has 2 heterocycles. The zero-order valence-electron chi connectivity index (χ0n) is 15.3. The Bertz CT molecular complexity index is 920. The van der Waals surface area contributed by atoms with E-state index in [1.165, 1.54) is 11.2 Å². The topological polar surface area (TPSA) is 84.3 Å². The van der Waals surface area contributed by atoms with Gasteiger partial charge in [0.05, 0.1) is 11.4 Å². The summed E-state index contributed by atoms with van der Waals surface area (Å²) in [5.41, 5.74) is 2.07. The van der Waals surface area contributed by atoms with Gasteiger partial charge in [0, 0.05) is 39.2 Å². The third-order valence-electron chi connectivity index (χ3n) is 4.60. The van der Waals surface area contributed by atoms with Crippen molar-refractivity contribution in [3.63, 3.8) is 0 Å². The number of aromatic nitrogens is 2. The van der Waals surface area contributed by atoms with E-state index in [2.05, 4.69) is 10.4 Å². The fourth-order valence-electron chi connectivity index (χ4n) is 3.33. The van der Waals surface area contributed by atoms with Crippen molar-refractivity contribution < 1.29 is 13.2 Å². The predicted octanol–water partition coefficient (Wildman–Crippen LogP) is 2.26. The quantitative estimate of drug-likeness (QED) is 0.887. The molecule has 26 heavy (non-hydrogen) atoms. The monoisotopic (exact) mass is 376 g/mol. The number of carbonyl (C=O) groups excluding carboxylic acids is 1. The maximum atomic E-state index is 13.3. The number of carbonyl (C=O) groups is 1. The Morgan fingerprint density at radius 3 is 2.73 bits per heavy atom. The number of anilines is 1. The van der Waals surface area contributed by atoms with Gasteiger partial charge in [0.1, 0.15) is 4.90 Å². The third-order valence-corrected chi connectivity index (χ3v) is 6.51. The van der Waals surface area contributed by atoms with E-state index in [0.29, 0.717) is 18.8 Å². The fraction of sp³-hybridized carbons (Fsp3) is 0.444. The van der Waals surface area contributed by atoms with Gasteiger partial charge >= 0.3 is 0 Å². The minimum absolute atomic E-state index is 0.0775. The zero-order valence-corrected chi connectivity index (χ0v) is 16.1. The highest BCUT2D eigenvalue weighted by atomic mass is 32.2. The van der Waals surface area contributed by atoms with E-state index in [4.69, 9.17) is 0 Å². The molecule has 7 nitrogen and oxygen atoms in total. The second-order valence-electron chi connectivity index (χ2n) is 6.80. The van der Waals surface area contributed by atoms with Gasteiger partial charge in [-0.3, -0.25) is 9.48 Å². The molecule has 140 valence electrons. The Balaban J connectivity index is 1.92. The van der Waals surface area contributed by atoms with Gasteiger partial charge < -0.3 is 5.32 Å². The number of benzene rings is 1. The zero-order chi connectivity index (χ0) is 18.9. The summed E-state index contributed by atoms with van der Waals surface area (Å²) in [5.74, 6) is -0.218. The standard InChI is InChI=1S/C18H24N4O3S/c1-13-6-7-17(19-14(2)23)18(11-13)26(24,25)22-9-4-5-15(12-22)16-8-10-21(3)20-16/h6-8,10-11,15H,4-5,9,12H2,1-3H3,(H,19,23)/t15-/m0/s1. The van der Waals surface area contributed by atoms with Crippen molar-refractivity contribution in [1.29, 1.82) is 0 Å². The molecule has 1 atom stereocenters. The molecule has 0 aliphatic carbocycles. The molecular weight excluding hydrogens is 352 g/mol. The van der Waals surface area contributed by atoms with Crippen LogP contribution in [0.1, 0.15) is 36.9 Å². The molecule has 0 bridgehead atoms. The lowest BCUT2D eigenvalue weighted by atomic mass is 9.96. The number of rotatable bonds is 4. The summed E-state index contributed by atoms with van der Waals surface area (Å²) in [6.45, 7) is 4.07. The molecule has 1 saturated heterocycles. The summed E-state index contributed by atoms with van der Waals surface area (Å²) in [6.07, 6.45) is 3.56. The summed E-state index contributed by atoms with van der Waals surface area (Å²) in [5, 5.41) is 7.06. The Labute approximate surface area is 154 Å². The number of nitrogens with zero attached hydrogens (tertiary/aromatic N) is 3. The SMILES string of the molecule is CC(=O)Nc1ccc(C)cc1S(=O)(=O)N1CCC[C@H](c2ccn(C)n2)C1. The largest absolute Gasteiger partial charge is 0.325 e. The normalized spacial score (nSPS) is 18.7. The van der Waals surface area contributed by atoms with Crippen LogP contribution in [-0.2, 0) is 21.9 Å². The molecule has 0 radical (unpaired) electrons. The van der Waals surface area contributed by atoms with E-state index in [9.17, 15) is 13.2 Å². The van der Waals surface area contributed by atoms with Crippen LogP contribution in [0.2, 0.25) is 0 Å². The van der Waals surface area contributed by atoms with Crippen molar-refractivity contribution in [3.8, 4) is 0 Å². The van der Waals surface area contributed by atoms with Gasteiger partial charge in [0.2, 0.25) is 15.9 Å². The van der Waals surface area contributed by atoms with E-state index in [1.54, 1.807) is 22.9 Å². The summed E-state index contributed by atoms with van der Waals surface area (Å²) >= 11 is 0. The Morgan fingerprint density at radius 2 is 2.08 bits per heavy atom. The molecule has 8 heteroatoms. The van der Waals surface area contributed by atoms with Crippen LogP contribution in [0.5, 0.6) is 0 Å². The van der Waals surface area contributed by atoms with Crippen LogP contribution in [0.25, 0.3) is 0 Å². The minimum Gasteiger partial charge on any atom is -0.325 e. The number of hydrogen-bond acceptors (Lipinski definition) is 4. The van der Waals surface area contributed by atoms with E-state index >= 15 is 0 Å². The lowest BCUT2D eigenvalue weighted by Crippen LogP contribution is -2.39. The molecule has 2 aromatic rings. The first kappa shape index (κ1) is 18.6. The van der Waals surface area contributed by atoms with Gasteiger partial charge in [0.15, 0.2) is 0 Å². The smallest absolute Gasteiger partial charge is 0.245 e. The van der Waals surface area contributed by atoms with Crippen molar-refractivity contribution in [2.75, 3.05) is 18.4 Å². The predicted molar refractivity (Wildman–Crippen MR) is 99.4 cm³/mol. The van der Waals surface area contributed by atoms with Gasteiger partial charge in [-0.25, -0.2) is 8.42 Å². The molecule has 1 fully saturated rings. The fourth-order valence-corrected chi connectivity index (χ4v) is 5.08. The number of nitrogens with one attached hydrogen (secondary N) is 1. The summed E-state index contributed by atoms with van der Waals surface area (Å²) in [6, 6.07) is 6.99. The molecule has 1 amide bonds. The number of hydrogen-bond donors (Lipinski definition) is 1. The van der Waals surface area contributed by atoms with E-state index in [1.807, 2.05) is 26.2 Å². The first-order valence-corrected chi connectivity index (χ1v) is 10.1. The highest BCUT2D eigenvalue weighted by Gasteiger charge is 2.33. The molecule has 1 aliphatic heterocycles. The lowest BCUT2D eigenvalue weighted by molar-refractivity contribution is -0.114. The average molecular weight is 376 g/mol. The average Bonchev–Trinajstić information content (AvgIpc) is 3.02. The Hall–Kier alpha value is -2.19. The maximum absolute atomic E-state index is 13.3. The number of aryl methyl sites for hydroxylation is 2. The van der Waals surface area contributed by atoms with Gasteiger partial charge in [-0.05, 0) is 43.5 Å². The van der Waals surface area contributed by atoms with Crippen LogP contribution in [0.3, 0.4) is 0 Å². The van der Waals surface area contributed by atoms with Crippen molar-refractivity contribution in [2.45, 2.75) is 37.5 Å². The lowest BCUT2D eigenvalue weighted by Gasteiger charge is -2.31. The highest BCUT2D eigenvalue weighted by molar-refractivity contribution is 7.89. The summed E-state index contributed by atoms with van der Waals surface area (Å²) in [4.78, 5) is 11.6. The van der Waals surface area contributed by atoms with Crippen LogP contribution in [0, 0.1) is 6.92 Å². The van der Waals surface area contributed by atoms with Crippen molar-refractivity contribution in [3.05, 3.63) is 41.7 Å². The van der Waals surface area contributed by atoms with E-state index in [-0.39, 0.29) is 16.7 Å². The van der Waals surface area contributed by atoms with Crippen molar-refractivity contribution in [1.82, 2.24) is 14.1 Å². The number of piperidine rings is 1. The van der Waals surface area contributed by atoms with Crippen LogP contribution < -0.4 is 5.32 Å². The first-order chi connectivity index (χ1) is 12.3. The van der Waals surface area contributed by atoms with E-state index in [0.717, 1.165) is 24.1 Å². The molecule has 0 saturated carbocycles. The van der Waals surface area contributed by atoms with Gasteiger partial charge in [-0.15, -0.1) is 0 Å². The Morgan fingerprint density at radius 1 is 1.31 bits per heavy atom. The van der Waals surface area contributed by atoms with Crippen LogP contribution >= 0.6 is 0 Å². The van der Waals surface area contributed by atoms with E-state index < -0.39 is 10.0 Å². The van der Waals surface area contributed by atoms with Crippen molar-refractivity contribution in [2.24, 2.45) is 7.05 Å². The third kappa shape index (κ3) is 3.81. The maximum Gasteiger partial charge on any atom is 0.245 e. The molecule has 0 unspecified atom stereocenters. The Kier molecular flexibility index (Phi) is 5.15. The van der Waals surface area contributed by atoms with Crippen LogP contribution in [0.4, 0.5) is 5.69 Å². The molecule has 1 aromatic heterocycles. The molecule has 0 spiro atoms. The van der Waals surface area contributed by atoms with Gasteiger partial charge in [-0.1, -0.05) is 6.07 Å². The highest BCUT2D eigenvalue weighted by Crippen LogP contribution is 2.32. The van der Waals surface area contributed by atoms with Crippen LogP contribution in [-0.4, -0.2) is 41.5 Å². The summed E-state index contributed by atoms with van der Waals surface area (Å²) < 4.78 is 29.8. The summed E-state index contributed by atoms with van der Waals surface area (Å²) in [7, 11) is -1.86. The van der Waals surface area contributed by atoms with Gasteiger partial charge in [0.25, 0.3) is 0 Å². The van der Waals surface area contributed by atoms with Gasteiger partial charge in [-0.2, -0.15) is 9.40 Å². The van der Waals surface area contributed by atoms with Crippen molar-refractivity contribution >= 4 is 21.6 Å². The second-order valence-corrected chi connectivity index (χ2v) is 8.70. The first-order valence-electron chi connectivity index (χ1n) is 8.65. The molecule has 1 aliphatic rings. The second kappa shape index (κ2) is 7.20. The minimum atomic E-state index is -3.71. The molecule has 1 N–H and O–H groups in total.